The monoisotopic (exact) mass is 217 g/mol. The summed E-state index contributed by atoms with van der Waals surface area (Å²) in [5, 5.41) is 16.7. The van der Waals surface area contributed by atoms with Gasteiger partial charge in [-0.05, 0) is 31.5 Å². The summed E-state index contributed by atoms with van der Waals surface area (Å²) in [4.78, 5) is 10.9. The van der Waals surface area contributed by atoms with Crippen molar-refractivity contribution in [3.8, 4) is 5.69 Å². The maximum Gasteiger partial charge on any atom is 0.335 e. The number of carboxylic acid groups (broad SMARTS) is 1. The third-order valence-corrected chi connectivity index (χ3v) is 2.31. The quantitative estimate of drug-likeness (QED) is 0.829. The van der Waals surface area contributed by atoms with E-state index in [1.165, 1.54) is 0 Å². The number of hydrogen-bond acceptors (Lipinski definition) is 3. The van der Waals surface area contributed by atoms with Crippen molar-refractivity contribution in [3.63, 3.8) is 0 Å². The molecule has 1 aromatic carbocycles. The van der Waals surface area contributed by atoms with Crippen molar-refractivity contribution in [3.05, 3.63) is 41.2 Å². The molecule has 1 heterocycles. The highest BCUT2D eigenvalue weighted by Gasteiger charge is 2.08. The van der Waals surface area contributed by atoms with E-state index in [9.17, 15) is 4.79 Å². The highest BCUT2D eigenvalue weighted by molar-refractivity contribution is 5.88. The fourth-order valence-electron chi connectivity index (χ4n) is 1.45. The molecular weight excluding hydrogens is 206 g/mol. The van der Waals surface area contributed by atoms with Gasteiger partial charge in [-0.3, -0.25) is 0 Å². The highest BCUT2D eigenvalue weighted by Crippen LogP contribution is 2.15. The molecule has 0 aliphatic heterocycles. The van der Waals surface area contributed by atoms with Crippen molar-refractivity contribution < 1.29 is 9.90 Å². The first-order chi connectivity index (χ1) is 7.58. The van der Waals surface area contributed by atoms with Crippen molar-refractivity contribution in [1.82, 2.24) is 15.0 Å². The Hall–Kier alpha value is -2.17. The first-order valence-corrected chi connectivity index (χ1v) is 4.81. The third kappa shape index (κ3) is 1.79. The van der Waals surface area contributed by atoms with Crippen molar-refractivity contribution in [1.29, 1.82) is 0 Å². The molecule has 0 fully saturated rings. The SMILES string of the molecule is Cc1cn(-c2cc(C(=O)O)ccc2C)nn1. The Morgan fingerprint density at radius 2 is 2.12 bits per heavy atom. The van der Waals surface area contributed by atoms with Gasteiger partial charge in [0.05, 0.1) is 23.1 Å². The molecule has 16 heavy (non-hydrogen) atoms. The van der Waals surface area contributed by atoms with Crippen LogP contribution in [0.1, 0.15) is 21.6 Å². The molecule has 1 N–H and O–H groups in total. The van der Waals surface area contributed by atoms with E-state index in [4.69, 9.17) is 5.11 Å². The number of carboxylic acids is 1. The van der Waals surface area contributed by atoms with Gasteiger partial charge >= 0.3 is 5.97 Å². The van der Waals surface area contributed by atoms with Gasteiger partial charge in [0.25, 0.3) is 0 Å². The molecule has 0 atom stereocenters. The van der Waals surface area contributed by atoms with Gasteiger partial charge in [-0.15, -0.1) is 5.10 Å². The summed E-state index contributed by atoms with van der Waals surface area (Å²) in [6.07, 6.45) is 1.76. The van der Waals surface area contributed by atoms with Crippen molar-refractivity contribution in [2.24, 2.45) is 0 Å². The van der Waals surface area contributed by atoms with E-state index >= 15 is 0 Å². The summed E-state index contributed by atoms with van der Waals surface area (Å²) >= 11 is 0. The van der Waals surface area contributed by atoms with E-state index < -0.39 is 5.97 Å². The molecule has 82 valence electrons. The molecule has 0 bridgehead atoms. The van der Waals surface area contributed by atoms with Crippen molar-refractivity contribution in [2.45, 2.75) is 13.8 Å². The highest BCUT2D eigenvalue weighted by atomic mass is 16.4. The van der Waals surface area contributed by atoms with E-state index in [0.29, 0.717) is 0 Å². The van der Waals surface area contributed by atoms with Gasteiger partial charge < -0.3 is 5.11 Å². The van der Waals surface area contributed by atoms with Gasteiger partial charge in [-0.25, -0.2) is 9.48 Å². The Morgan fingerprint density at radius 1 is 1.38 bits per heavy atom. The molecule has 0 unspecified atom stereocenters. The van der Waals surface area contributed by atoms with Crippen LogP contribution in [0.5, 0.6) is 0 Å². The molecule has 5 heteroatoms. The summed E-state index contributed by atoms with van der Waals surface area (Å²) < 4.78 is 1.58. The average molecular weight is 217 g/mol. The van der Waals surface area contributed by atoms with Crippen LogP contribution in [0.25, 0.3) is 5.69 Å². The maximum absolute atomic E-state index is 10.9. The number of rotatable bonds is 2. The largest absolute Gasteiger partial charge is 0.478 e. The molecule has 0 aliphatic rings. The van der Waals surface area contributed by atoms with Crippen LogP contribution in [0.4, 0.5) is 0 Å². The lowest BCUT2D eigenvalue weighted by Crippen LogP contribution is -2.02. The van der Waals surface area contributed by atoms with Gasteiger partial charge in [-0.1, -0.05) is 11.3 Å². The number of carbonyl (C=O) groups is 1. The predicted molar refractivity (Wildman–Crippen MR) is 57.8 cm³/mol. The molecule has 0 radical (unpaired) electrons. The van der Waals surface area contributed by atoms with E-state index in [1.54, 1.807) is 29.1 Å². The molecule has 5 nitrogen and oxygen atoms in total. The van der Waals surface area contributed by atoms with Crippen LogP contribution in [0.3, 0.4) is 0 Å². The van der Waals surface area contributed by atoms with Gasteiger partial charge in [-0.2, -0.15) is 0 Å². The second-order valence-corrected chi connectivity index (χ2v) is 3.61. The molecule has 2 rings (SSSR count). The molecular formula is C11H11N3O2. The van der Waals surface area contributed by atoms with E-state index in [-0.39, 0.29) is 5.56 Å². The van der Waals surface area contributed by atoms with E-state index in [2.05, 4.69) is 10.3 Å². The van der Waals surface area contributed by atoms with Crippen molar-refractivity contribution >= 4 is 5.97 Å². The lowest BCUT2D eigenvalue weighted by Gasteiger charge is -2.05. The number of aromatic carboxylic acids is 1. The molecule has 0 amide bonds. The Morgan fingerprint density at radius 3 is 2.69 bits per heavy atom. The average Bonchev–Trinajstić information content (AvgIpc) is 2.65. The topological polar surface area (TPSA) is 68.0 Å². The normalized spacial score (nSPS) is 10.4. The lowest BCUT2D eigenvalue weighted by atomic mass is 10.1. The number of aromatic nitrogens is 3. The minimum atomic E-state index is -0.946. The van der Waals surface area contributed by atoms with Crippen LogP contribution in [-0.4, -0.2) is 26.1 Å². The van der Waals surface area contributed by atoms with Gasteiger partial charge in [0, 0.05) is 0 Å². The lowest BCUT2D eigenvalue weighted by molar-refractivity contribution is 0.0697. The van der Waals surface area contributed by atoms with Crippen LogP contribution >= 0.6 is 0 Å². The fraction of sp³-hybridized carbons (Fsp3) is 0.182. The molecule has 0 saturated heterocycles. The number of aryl methyl sites for hydroxylation is 2. The standard InChI is InChI=1S/C11H11N3O2/c1-7-3-4-9(11(15)16)5-10(7)14-6-8(2)12-13-14/h3-6H,1-2H3,(H,15,16). The van der Waals surface area contributed by atoms with Crippen LogP contribution in [0, 0.1) is 13.8 Å². The maximum atomic E-state index is 10.9. The zero-order valence-electron chi connectivity index (χ0n) is 9.01. The molecule has 0 aliphatic carbocycles. The summed E-state index contributed by atoms with van der Waals surface area (Å²) in [5.41, 5.74) is 2.73. The summed E-state index contributed by atoms with van der Waals surface area (Å²) in [5.74, 6) is -0.946. The first-order valence-electron chi connectivity index (χ1n) is 4.81. The Kier molecular flexibility index (Phi) is 2.44. The number of hydrogen-bond donors (Lipinski definition) is 1. The number of nitrogens with zero attached hydrogens (tertiary/aromatic N) is 3. The predicted octanol–water partition coefficient (Wildman–Crippen LogP) is 1.58. The summed E-state index contributed by atoms with van der Waals surface area (Å²) in [6, 6.07) is 4.92. The van der Waals surface area contributed by atoms with Crippen LogP contribution < -0.4 is 0 Å². The minimum Gasteiger partial charge on any atom is -0.478 e. The Bertz CT molecular complexity index is 546. The minimum absolute atomic E-state index is 0.244. The zero-order valence-corrected chi connectivity index (χ0v) is 9.01. The molecule has 1 aromatic heterocycles. The van der Waals surface area contributed by atoms with Gasteiger partial charge in [0.2, 0.25) is 0 Å². The van der Waals surface area contributed by atoms with Crippen LogP contribution in [-0.2, 0) is 0 Å². The van der Waals surface area contributed by atoms with Crippen LogP contribution in [0.2, 0.25) is 0 Å². The van der Waals surface area contributed by atoms with Gasteiger partial charge in [0.15, 0.2) is 0 Å². The fourth-order valence-corrected chi connectivity index (χ4v) is 1.45. The summed E-state index contributed by atoms with van der Waals surface area (Å²) in [7, 11) is 0. The zero-order chi connectivity index (χ0) is 11.7. The molecule has 0 spiro atoms. The van der Waals surface area contributed by atoms with E-state index in [1.807, 2.05) is 13.8 Å². The smallest absolute Gasteiger partial charge is 0.335 e. The van der Waals surface area contributed by atoms with Gasteiger partial charge in [0.1, 0.15) is 0 Å². The first kappa shape index (κ1) is 10.4. The second-order valence-electron chi connectivity index (χ2n) is 3.61. The summed E-state index contributed by atoms with van der Waals surface area (Å²) in [6.45, 7) is 3.73. The van der Waals surface area contributed by atoms with Crippen LogP contribution in [0.15, 0.2) is 24.4 Å². The van der Waals surface area contributed by atoms with E-state index in [0.717, 1.165) is 16.9 Å². The number of benzene rings is 1. The Balaban J connectivity index is 2.55. The third-order valence-electron chi connectivity index (χ3n) is 2.31. The second kappa shape index (κ2) is 3.77. The van der Waals surface area contributed by atoms with Crippen molar-refractivity contribution in [2.75, 3.05) is 0 Å². The molecule has 2 aromatic rings. The Labute approximate surface area is 92.3 Å². The molecule has 0 saturated carbocycles.